The Morgan fingerprint density at radius 1 is 1.00 bits per heavy atom. The Hall–Kier alpha value is -0.465. The van der Waals surface area contributed by atoms with E-state index >= 15 is 0 Å². The molecule has 0 unspecified atom stereocenters. The third-order valence-corrected chi connectivity index (χ3v) is 5.25. The average Bonchev–Trinajstić information content (AvgIpc) is 2.36. The van der Waals surface area contributed by atoms with Gasteiger partial charge in [0, 0.05) is 6.92 Å². The highest BCUT2D eigenvalue weighted by molar-refractivity contribution is 6.62. The van der Waals surface area contributed by atoms with Crippen LogP contribution < -0.4 is 0 Å². The number of esters is 1. The Kier molecular flexibility index (Phi) is 6.26. The molecule has 108 valence electrons. The maximum atomic E-state index is 10.6. The Balaban J connectivity index is 1.54. The summed E-state index contributed by atoms with van der Waals surface area (Å²) in [7, 11) is 0. The number of ether oxygens (including phenoxy) is 1. The molecule has 0 N–H and O–H groups in total. The maximum Gasteiger partial charge on any atom is 0.302 e. The average molecular weight is 264 g/mol. The van der Waals surface area contributed by atoms with E-state index < -0.39 is 0 Å². The minimum Gasteiger partial charge on any atom is -0.466 e. The van der Waals surface area contributed by atoms with Gasteiger partial charge in [-0.1, -0.05) is 75.7 Å². The van der Waals surface area contributed by atoms with Gasteiger partial charge in [0.1, 0.15) is 6.71 Å². The molecule has 3 heteroatoms. The lowest BCUT2D eigenvalue weighted by atomic mass is 9.26. The van der Waals surface area contributed by atoms with E-state index in [1.165, 1.54) is 71.0 Å². The lowest BCUT2D eigenvalue weighted by Crippen LogP contribution is -2.34. The second-order valence-corrected chi connectivity index (χ2v) is 6.59. The zero-order valence-corrected chi connectivity index (χ0v) is 12.5. The van der Waals surface area contributed by atoms with Gasteiger partial charge in [0.2, 0.25) is 0 Å². The van der Waals surface area contributed by atoms with Crippen LogP contribution in [0.25, 0.3) is 0 Å². The van der Waals surface area contributed by atoms with Gasteiger partial charge in [0.25, 0.3) is 0 Å². The summed E-state index contributed by atoms with van der Waals surface area (Å²) >= 11 is 0. The van der Waals surface area contributed by atoms with Crippen molar-refractivity contribution in [3.63, 3.8) is 0 Å². The van der Waals surface area contributed by atoms with Crippen molar-refractivity contribution >= 4 is 12.7 Å². The highest BCUT2D eigenvalue weighted by Crippen LogP contribution is 2.48. The highest BCUT2D eigenvalue weighted by atomic mass is 16.5. The number of carbonyl (C=O) groups is 1. The first kappa shape index (κ1) is 14.9. The number of hydrogen-bond donors (Lipinski definition) is 0. The number of unbranched alkanes of at least 4 members (excludes halogenated alkanes) is 3. The predicted molar refractivity (Wildman–Crippen MR) is 80.9 cm³/mol. The Morgan fingerprint density at radius 2 is 1.58 bits per heavy atom. The fourth-order valence-electron chi connectivity index (χ4n) is 4.34. The second-order valence-electron chi connectivity index (χ2n) is 6.59. The van der Waals surface area contributed by atoms with Gasteiger partial charge in [0.15, 0.2) is 0 Å². The minimum absolute atomic E-state index is 0.143. The molecular weight excluding hydrogens is 235 g/mol. The van der Waals surface area contributed by atoms with Gasteiger partial charge in [-0.15, -0.1) is 0 Å². The summed E-state index contributed by atoms with van der Waals surface area (Å²) in [6.07, 6.45) is 15.4. The van der Waals surface area contributed by atoms with Crippen molar-refractivity contribution in [2.45, 2.75) is 89.1 Å². The third-order valence-electron chi connectivity index (χ3n) is 5.25. The monoisotopic (exact) mass is 264 g/mol. The number of hydrogen-bond acceptors (Lipinski definition) is 2. The molecule has 0 saturated carbocycles. The maximum absolute atomic E-state index is 10.6. The predicted octanol–water partition coefficient (Wildman–Crippen LogP) is 4.71. The molecule has 2 aliphatic heterocycles. The van der Waals surface area contributed by atoms with E-state index in [4.69, 9.17) is 4.74 Å². The fourth-order valence-corrected chi connectivity index (χ4v) is 4.34. The van der Waals surface area contributed by atoms with Crippen LogP contribution in [-0.2, 0) is 9.53 Å². The molecule has 0 aromatic heterocycles. The summed E-state index contributed by atoms with van der Waals surface area (Å²) < 4.78 is 4.96. The summed E-state index contributed by atoms with van der Waals surface area (Å²) in [6, 6.07) is 0. The van der Waals surface area contributed by atoms with E-state index in [0.717, 1.165) is 24.8 Å². The summed E-state index contributed by atoms with van der Waals surface area (Å²) in [4.78, 5) is 10.6. The van der Waals surface area contributed by atoms with Crippen LogP contribution in [-0.4, -0.2) is 19.3 Å². The van der Waals surface area contributed by atoms with Crippen LogP contribution in [0.1, 0.15) is 71.1 Å². The van der Waals surface area contributed by atoms with Crippen molar-refractivity contribution in [2.75, 3.05) is 6.61 Å². The van der Waals surface area contributed by atoms with Crippen molar-refractivity contribution in [2.24, 2.45) is 0 Å². The van der Waals surface area contributed by atoms with E-state index in [1.807, 2.05) is 0 Å². The van der Waals surface area contributed by atoms with E-state index in [0.29, 0.717) is 6.61 Å². The number of fused-ring (bicyclic) bond motifs is 2. The topological polar surface area (TPSA) is 26.3 Å². The molecule has 0 atom stereocenters. The Bertz CT molecular complexity index is 258. The molecule has 0 spiro atoms. The zero-order chi connectivity index (χ0) is 13.5. The summed E-state index contributed by atoms with van der Waals surface area (Å²) in [6.45, 7) is 3.15. The van der Waals surface area contributed by atoms with E-state index in [9.17, 15) is 4.79 Å². The number of rotatable bonds is 7. The van der Waals surface area contributed by atoms with Crippen molar-refractivity contribution in [3.8, 4) is 0 Å². The molecule has 0 aliphatic carbocycles. The Morgan fingerprint density at radius 3 is 2.16 bits per heavy atom. The Labute approximate surface area is 118 Å². The first-order chi connectivity index (χ1) is 9.27. The van der Waals surface area contributed by atoms with E-state index in [1.54, 1.807) is 0 Å². The van der Waals surface area contributed by atoms with Crippen LogP contribution in [0.2, 0.25) is 18.0 Å². The summed E-state index contributed by atoms with van der Waals surface area (Å²) in [5.41, 5.74) is 0. The molecule has 2 rings (SSSR count). The molecule has 0 amide bonds. The molecule has 0 aromatic carbocycles. The lowest BCUT2D eigenvalue weighted by Gasteiger charge is -2.40. The van der Waals surface area contributed by atoms with Gasteiger partial charge in [-0.05, 0) is 6.42 Å². The van der Waals surface area contributed by atoms with Crippen LogP contribution >= 0.6 is 0 Å². The molecule has 2 saturated heterocycles. The first-order valence-corrected chi connectivity index (χ1v) is 8.40. The molecule has 2 nitrogen and oxygen atoms in total. The summed E-state index contributed by atoms with van der Waals surface area (Å²) in [5.74, 6) is 1.98. The lowest BCUT2D eigenvalue weighted by molar-refractivity contribution is -0.141. The molecule has 19 heavy (non-hydrogen) atoms. The molecule has 2 bridgehead atoms. The molecule has 2 fully saturated rings. The SMILES string of the molecule is CC(=O)OCCCCCCB1C2CCCC1CCC2. The first-order valence-electron chi connectivity index (χ1n) is 8.40. The van der Waals surface area contributed by atoms with E-state index in [2.05, 4.69) is 0 Å². The number of carbonyl (C=O) groups excluding carboxylic acids is 1. The fraction of sp³-hybridized carbons (Fsp3) is 0.938. The normalized spacial score (nSPS) is 26.3. The molecular formula is C16H29BO2. The van der Waals surface area contributed by atoms with Gasteiger partial charge < -0.3 is 4.74 Å². The van der Waals surface area contributed by atoms with Crippen LogP contribution in [0.4, 0.5) is 0 Å². The zero-order valence-electron chi connectivity index (χ0n) is 12.5. The van der Waals surface area contributed by atoms with E-state index in [-0.39, 0.29) is 5.97 Å². The van der Waals surface area contributed by atoms with Gasteiger partial charge in [-0.2, -0.15) is 0 Å². The largest absolute Gasteiger partial charge is 0.466 e. The molecule has 2 aliphatic rings. The van der Waals surface area contributed by atoms with Crippen molar-refractivity contribution in [1.29, 1.82) is 0 Å². The van der Waals surface area contributed by atoms with Gasteiger partial charge in [0.05, 0.1) is 6.61 Å². The van der Waals surface area contributed by atoms with Gasteiger partial charge in [-0.25, -0.2) is 0 Å². The van der Waals surface area contributed by atoms with Gasteiger partial charge >= 0.3 is 5.97 Å². The molecule has 0 radical (unpaired) electrons. The van der Waals surface area contributed by atoms with Crippen LogP contribution in [0.3, 0.4) is 0 Å². The smallest absolute Gasteiger partial charge is 0.302 e. The van der Waals surface area contributed by atoms with Gasteiger partial charge in [-0.3, -0.25) is 4.79 Å². The summed E-state index contributed by atoms with van der Waals surface area (Å²) in [5, 5.41) is 0. The quantitative estimate of drug-likeness (QED) is 0.378. The minimum atomic E-state index is -0.143. The molecule has 2 heterocycles. The third kappa shape index (κ3) is 4.85. The van der Waals surface area contributed by atoms with Crippen molar-refractivity contribution in [3.05, 3.63) is 0 Å². The van der Waals surface area contributed by atoms with Crippen LogP contribution in [0.5, 0.6) is 0 Å². The highest BCUT2D eigenvalue weighted by Gasteiger charge is 2.37. The standard InChI is InChI=1S/C16H29BO2/c1-14(18)19-13-5-3-2-4-12-17-15-8-6-9-16(17)11-7-10-15/h15-16H,2-13H2,1H3. The van der Waals surface area contributed by atoms with Crippen LogP contribution in [0, 0.1) is 0 Å². The molecule has 0 aromatic rings. The van der Waals surface area contributed by atoms with Crippen LogP contribution in [0.15, 0.2) is 0 Å². The second kappa shape index (κ2) is 7.96. The van der Waals surface area contributed by atoms with Crippen molar-refractivity contribution in [1.82, 2.24) is 0 Å². The van der Waals surface area contributed by atoms with Crippen molar-refractivity contribution < 1.29 is 9.53 Å².